The zero-order valence-corrected chi connectivity index (χ0v) is 22.5. The Morgan fingerprint density at radius 1 is 1.12 bits per heavy atom. The molecule has 9 heteroatoms. The molecule has 0 fully saturated rings. The van der Waals surface area contributed by atoms with Crippen molar-refractivity contribution in [1.82, 2.24) is 15.0 Å². The van der Waals surface area contributed by atoms with Gasteiger partial charge in [-0.3, -0.25) is 0 Å². The highest BCUT2D eigenvalue weighted by Crippen LogP contribution is 2.35. The summed E-state index contributed by atoms with van der Waals surface area (Å²) in [5.41, 5.74) is 2.34. The summed E-state index contributed by atoms with van der Waals surface area (Å²) in [5.74, 6) is 2.40. The van der Waals surface area contributed by atoms with Gasteiger partial charge in [-0.05, 0) is 58.0 Å². The molecule has 1 N–H and O–H groups in total. The van der Waals surface area contributed by atoms with Gasteiger partial charge in [-0.15, -0.1) is 16.7 Å². The van der Waals surface area contributed by atoms with Crippen LogP contribution in [0.15, 0.2) is 48.7 Å². The smallest absolute Gasteiger partial charge is 0.135 e. The van der Waals surface area contributed by atoms with Crippen LogP contribution < -0.4 is 9.47 Å². The van der Waals surface area contributed by atoms with Gasteiger partial charge in [-0.25, -0.2) is 9.07 Å². The van der Waals surface area contributed by atoms with Crippen molar-refractivity contribution < 1.29 is 19.0 Å². The van der Waals surface area contributed by atoms with Crippen LogP contribution in [0.2, 0.25) is 0 Å². The monoisotopic (exact) mass is 600 g/mol. The van der Waals surface area contributed by atoms with E-state index >= 15 is 0 Å². The number of aromatic nitrogens is 3. The van der Waals surface area contributed by atoms with Crippen LogP contribution in [-0.2, 0) is 18.6 Å². The van der Waals surface area contributed by atoms with E-state index in [9.17, 15) is 9.50 Å². The Labute approximate surface area is 218 Å². The van der Waals surface area contributed by atoms with Crippen molar-refractivity contribution >= 4 is 34.2 Å². The van der Waals surface area contributed by atoms with Crippen LogP contribution in [0.1, 0.15) is 37.6 Å². The van der Waals surface area contributed by atoms with Crippen LogP contribution in [-0.4, -0.2) is 45.3 Å². The molecule has 6 nitrogen and oxygen atoms in total. The van der Waals surface area contributed by atoms with Crippen LogP contribution in [0.3, 0.4) is 0 Å². The number of ether oxygens (including phenoxy) is 2. The Hall–Kier alpha value is -1.91. The SMILES string of the molecule is C[C@@H](CCl)COc1ccc(C(C)(C)c2ccc(OC[C@@H](O)Cn3cc(C[18F])nn3)cc2)cc1I. The lowest BCUT2D eigenvalue weighted by molar-refractivity contribution is 0.0888. The third-order valence-electron chi connectivity index (χ3n) is 5.58. The summed E-state index contributed by atoms with van der Waals surface area (Å²) in [7, 11) is 0. The number of alkyl halides is 2. The lowest BCUT2D eigenvalue weighted by Crippen LogP contribution is -2.24. The second kappa shape index (κ2) is 12.2. The van der Waals surface area contributed by atoms with Crippen molar-refractivity contribution in [3.63, 3.8) is 0 Å². The first-order valence-electron chi connectivity index (χ1n) is 11.1. The molecule has 0 saturated heterocycles. The summed E-state index contributed by atoms with van der Waals surface area (Å²) < 4.78 is 26.7. The molecule has 3 rings (SSSR count). The molecule has 34 heavy (non-hydrogen) atoms. The Morgan fingerprint density at radius 2 is 1.82 bits per heavy atom. The van der Waals surface area contributed by atoms with Gasteiger partial charge in [0.2, 0.25) is 0 Å². The molecular weight excluding hydrogens is 571 g/mol. The number of aliphatic hydroxyl groups is 1. The molecule has 3 aromatic rings. The summed E-state index contributed by atoms with van der Waals surface area (Å²) in [6, 6.07) is 14.1. The molecule has 0 unspecified atom stereocenters. The third kappa shape index (κ3) is 7.05. The van der Waals surface area contributed by atoms with Gasteiger partial charge in [0.05, 0.1) is 22.9 Å². The van der Waals surface area contributed by atoms with Gasteiger partial charge < -0.3 is 14.6 Å². The minimum atomic E-state index is -0.791. The largest absolute Gasteiger partial charge is 0.492 e. The topological polar surface area (TPSA) is 69.4 Å². The van der Waals surface area contributed by atoms with E-state index in [0.717, 1.165) is 14.9 Å². The standard InChI is InChI=1S/C25H30ClFIN3O3/c1-17(11-26)15-34-24-9-6-19(10-23(24)28)25(2,3)18-4-7-22(8-5-18)33-16-21(32)14-31-13-20(12-27)29-30-31/h4-10,13,17,21,32H,11-12,14-16H2,1-3H3/t17-,21-/m0/s1/i27-1. The molecule has 0 spiro atoms. The maximum Gasteiger partial charge on any atom is 0.135 e. The first kappa shape index (κ1) is 26.7. The first-order valence-corrected chi connectivity index (χ1v) is 12.7. The molecule has 2 aromatic carbocycles. The second-order valence-electron chi connectivity index (χ2n) is 8.90. The van der Waals surface area contributed by atoms with Crippen LogP contribution in [0.5, 0.6) is 11.5 Å². The molecular formula is C25H30ClFIN3O3. The van der Waals surface area contributed by atoms with Crippen molar-refractivity contribution in [1.29, 1.82) is 0 Å². The van der Waals surface area contributed by atoms with E-state index in [1.807, 2.05) is 30.3 Å². The van der Waals surface area contributed by atoms with Crippen molar-refractivity contribution in [2.45, 2.75) is 45.5 Å². The highest BCUT2D eigenvalue weighted by Gasteiger charge is 2.24. The normalized spacial score (nSPS) is 13.5. The molecule has 0 saturated carbocycles. The average Bonchev–Trinajstić information content (AvgIpc) is 3.29. The fourth-order valence-electron chi connectivity index (χ4n) is 3.37. The summed E-state index contributed by atoms with van der Waals surface area (Å²) in [6.07, 6.45) is 0.681. The highest BCUT2D eigenvalue weighted by molar-refractivity contribution is 14.1. The molecule has 184 valence electrons. The number of aliphatic hydroxyl groups excluding tert-OH is 1. The average molecular weight is 601 g/mol. The molecule has 0 bridgehead atoms. The van der Waals surface area contributed by atoms with Gasteiger partial charge in [0.1, 0.15) is 36.6 Å². The number of halogens is 3. The maximum absolute atomic E-state index is 12.6. The number of nitrogens with zero attached hydrogens (tertiary/aromatic N) is 3. The van der Waals surface area contributed by atoms with Crippen LogP contribution >= 0.6 is 34.2 Å². The molecule has 0 aliphatic heterocycles. The van der Waals surface area contributed by atoms with Crippen molar-refractivity contribution in [2.24, 2.45) is 5.92 Å². The van der Waals surface area contributed by atoms with E-state index in [1.54, 1.807) is 0 Å². The third-order valence-corrected chi connectivity index (χ3v) is 6.95. The van der Waals surface area contributed by atoms with E-state index in [1.165, 1.54) is 16.4 Å². The lowest BCUT2D eigenvalue weighted by Gasteiger charge is -2.27. The molecule has 0 aliphatic carbocycles. The predicted octanol–water partition coefficient (Wildman–Crippen LogP) is 5.37. The quantitative estimate of drug-likeness (QED) is 0.224. The van der Waals surface area contributed by atoms with Crippen molar-refractivity contribution in [2.75, 3.05) is 19.1 Å². The van der Waals surface area contributed by atoms with Crippen LogP contribution in [0.25, 0.3) is 0 Å². The summed E-state index contributed by atoms with van der Waals surface area (Å²) in [5, 5.41) is 17.6. The summed E-state index contributed by atoms with van der Waals surface area (Å²) in [6.45, 7) is 6.61. The van der Waals surface area contributed by atoms with E-state index in [-0.39, 0.29) is 24.3 Å². The summed E-state index contributed by atoms with van der Waals surface area (Å²) in [4.78, 5) is 0. The van der Waals surface area contributed by atoms with Gasteiger partial charge in [-0.2, -0.15) is 0 Å². The zero-order valence-electron chi connectivity index (χ0n) is 19.5. The predicted molar refractivity (Wildman–Crippen MR) is 139 cm³/mol. The maximum atomic E-state index is 12.6. The molecule has 2 atom stereocenters. The Morgan fingerprint density at radius 3 is 2.44 bits per heavy atom. The molecule has 0 aliphatic rings. The first-order chi connectivity index (χ1) is 16.2. The molecule has 1 heterocycles. The fourth-order valence-corrected chi connectivity index (χ4v) is 4.13. The number of benzene rings is 2. The van der Waals surface area contributed by atoms with Gasteiger partial charge in [0.15, 0.2) is 0 Å². The summed E-state index contributed by atoms with van der Waals surface area (Å²) >= 11 is 8.18. The van der Waals surface area contributed by atoms with Crippen molar-refractivity contribution in [3.05, 3.63) is 69.1 Å². The van der Waals surface area contributed by atoms with Gasteiger partial charge >= 0.3 is 0 Å². The minimum absolute atomic E-state index is 0.0928. The highest BCUT2D eigenvalue weighted by atomic mass is 127. The Bertz CT molecular complexity index is 1060. The molecule has 0 radical (unpaired) electrons. The lowest BCUT2D eigenvalue weighted by atomic mass is 9.78. The number of hydrogen-bond acceptors (Lipinski definition) is 5. The minimum Gasteiger partial charge on any atom is -0.492 e. The molecule has 0 amide bonds. The number of hydrogen-bond donors (Lipinski definition) is 1. The zero-order chi connectivity index (χ0) is 24.7. The van der Waals surface area contributed by atoms with E-state index < -0.39 is 12.8 Å². The fraction of sp³-hybridized carbons (Fsp3) is 0.440. The number of rotatable bonds is 12. The molecule has 1 aromatic heterocycles. The van der Waals surface area contributed by atoms with E-state index in [2.05, 4.69) is 65.8 Å². The van der Waals surface area contributed by atoms with Crippen LogP contribution in [0.4, 0.5) is 4.39 Å². The second-order valence-corrected chi connectivity index (χ2v) is 10.4. The van der Waals surface area contributed by atoms with Gasteiger partial charge in [0.25, 0.3) is 0 Å². The van der Waals surface area contributed by atoms with Crippen LogP contribution in [0, 0.1) is 9.49 Å². The van der Waals surface area contributed by atoms with E-state index in [4.69, 9.17) is 21.1 Å². The van der Waals surface area contributed by atoms with E-state index in [0.29, 0.717) is 24.2 Å². The van der Waals surface area contributed by atoms with Gasteiger partial charge in [-0.1, -0.05) is 44.2 Å². The van der Waals surface area contributed by atoms with Gasteiger partial charge in [0, 0.05) is 17.2 Å². The Balaban J connectivity index is 1.59. The Kier molecular flexibility index (Phi) is 9.56. The van der Waals surface area contributed by atoms with Crippen molar-refractivity contribution in [3.8, 4) is 11.5 Å².